The van der Waals surface area contributed by atoms with Crippen molar-refractivity contribution in [3.8, 4) is 51.8 Å². The molecule has 4 aromatic carbocycles. The number of hydrogen-bond donors (Lipinski definition) is 5. The number of fused-ring (bicyclic) bond motifs is 3. The smallest absolute Gasteiger partial charge is 0.415 e. The minimum absolute atomic E-state index is 0.0402. The van der Waals surface area contributed by atoms with Crippen LogP contribution < -0.4 is 30.2 Å². The van der Waals surface area contributed by atoms with Crippen LogP contribution >= 0.6 is 0 Å². The van der Waals surface area contributed by atoms with Crippen LogP contribution in [0.2, 0.25) is 0 Å². The van der Waals surface area contributed by atoms with Crippen molar-refractivity contribution in [2.45, 2.75) is 26.2 Å². The summed E-state index contributed by atoms with van der Waals surface area (Å²) in [4.78, 5) is 67.0. The Bertz CT molecular complexity index is 3170. The van der Waals surface area contributed by atoms with Gasteiger partial charge < -0.3 is 50.0 Å². The number of carbonyl (C=O) groups excluding carboxylic acids is 3. The third kappa shape index (κ3) is 10.3. The SMILES string of the molecule is COc1c(OCCCN2CCN(C(=O)Oc3ccc(N4CCN(C(=O)c5ccc(-n6c(O)nnc6-c6cc(C(C)C)c(O)cc6O)cc5)CC4)cc3)CC2)ccc2c1N=C(NC(=O)c1cnc(N)nc1)N1CCN=C21. The number of amides is 3. The highest BCUT2D eigenvalue weighted by atomic mass is 16.6. The van der Waals surface area contributed by atoms with Gasteiger partial charge in [-0.05, 0) is 84.6 Å². The van der Waals surface area contributed by atoms with Crippen molar-refractivity contribution in [2.24, 2.45) is 9.98 Å². The zero-order chi connectivity index (χ0) is 52.3. The van der Waals surface area contributed by atoms with Gasteiger partial charge in [0.15, 0.2) is 17.3 Å². The molecule has 23 nitrogen and oxygen atoms in total. The number of phenols is 2. The second-order valence-corrected chi connectivity index (χ2v) is 18.5. The lowest BCUT2D eigenvalue weighted by Crippen LogP contribution is -2.49. The molecule has 0 bridgehead atoms. The van der Waals surface area contributed by atoms with Gasteiger partial charge in [-0.2, -0.15) is 0 Å². The first kappa shape index (κ1) is 49.6. The van der Waals surface area contributed by atoms with Crippen LogP contribution in [0.4, 0.5) is 22.1 Å². The molecule has 6 N–H and O–H groups in total. The number of benzene rings is 4. The molecule has 0 aliphatic carbocycles. The Kier molecular flexibility index (Phi) is 14.0. The normalized spacial score (nSPS) is 15.5. The summed E-state index contributed by atoms with van der Waals surface area (Å²) in [6, 6.07) is 20.3. The first-order valence-electron chi connectivity index (χ1n) is 24.6. The number of ether oxygens (including phenoxy) is 3. The minimum atomic E-state index is -0.440. The maximum Gasteiger partial charge on any atom is 0.415 e. The Morgan fingerprint density at radius 2 is 1.48 bits per heavy atom. The van der Waals surface area contributed by atoms with Crippen molar-refractivity contribution in [2.75, 3.05) is 96.3 Å². The molecule has 4 aliphatic rings. The lowest BCUT2D eigenvalue weighted by atomic mass is 9.98. The van der Waals surface area contributed by atoms with Crippen LogP contribution in [-0.2, 0) is 0 Å². The monoisotopic (exact) mass is 1020 g/mol. The highest BCUT2D eigenvalue weighted by Crippen LogP contribution is 2.44. The van der Waals surface area contributed by atoms with Gasteiger partial charge in [0.05, 0.1) is 37.1 Å². The molecule has 3 amide bonds. The molecule has 23 heteroatoms. The van der Waals surface area contributed by atoms with E-state index in [-0.39, 0.29) is 46.2 Å². The van der Waals surface area contributed by atoms with Gasteiger partial charge >= 0.3 is 12.1 Å². The molecule has 0 unspecified atom stereocenters. The lowest BCUT2D eigenvalue weighted by molar-refractivity contribution is 0.0746. The van der Waals surface area contributed by atoms with Crippen molar-refractivity contribution in [1.29, 1.82) is 0 Å². The van der Waals surface area contributed by atoms with E-state index in [2.05, 4.69) is 40.3 Å². The molecule has 388 valence electrons. The molecule has 0 radical (unpaired) electrons. The van der Waals surface area contributed by atoms with E-state index in [4.69, 9.17) is 24.9 Å². The highest BCUT2D eigenvalue weighted by molar-refractivity contribution is 6.20. The lowest BCUT2D eigenvalue weighted by Gasteiger charge is -2.36. The average Bonchev–Trinajstić information content (AvgIpc) is 4.08. The summed E-state index contributed by atoms with van der Waals surface area (Å²) in [5, 5.41) is 42.5. The number of aromatic nitrogens is 5. The standard InChI is InChI=1S/C52H56N14O9/c1-31(2)38-27-39(41(68)28-40(38)67)46-59-60-51(71)66(46)35-7-5-32(6-8-35)48(70)63-24-22-62(23-25-63)34-9-11-36(12-10-34)75-52(72)64-20-18-61(19-21-64)16-4-26-74-42-14-13-37-43(44(42)73-3)57-50(65-17-15-54-45(37)65)58-47(69)33-29-55-49(53)56-30-33/h5-14,27-31,67-68H,4,15-26H2,1-3H3,(H,60,71)(H2,53,55,56)(H,57,58,69). The second kappa shape index (κ2) is 21.2. The van der Waals surface area contributed by atoms with E-state index in [1.54, 1.807) is 59.4 Å². The van der Waals surface area contributed by atoms with Crippen LogP contribution in [0.15, 0.2) is 95.2 Å². The number of rotatable bonds is 13. The molecule has 2 fully saturated rings. The van der Waals surface area contributed by atoms with E-state index in [0.717, 1.165) is 24.2 Å². The molecular weight excluding hydrogens is 965 g/mol. The summed E-state index contributed by atoms with van der Waals surface area (Å²) in [7, 11) is 1.55. The van der Waals surface area contributed by atoms with Crippen LogP contribution in [0, 0.1) is 0 Å². The van der Waals surface area contributed by atoms with Crippen LogP contribution in [-0.4, -0.2) is 175 Å². The predicted molar refractivity (Wildman–Crippen MR) is 277 cm³/mol. The van der Waals surface area contributed by atoms with E-state index in [0.29, 0.717) is 124 Å². The number of anilines is 2. The number of piperazine rings is 2. The number of aliphatic imine (C=N–C) groups is 2. The van der Waals surface area contributed by atoms with Crippen molar-refractivity contribution in [1.82, 2.24) is 49.6 Å². The summed E-state index contributed by atoms with van der Waals surface area (Å²) in [5.41, 5.74) is 9.89. The number of nitrogens with one attached hydrogen (secondary N) is 1. The van der Waals surface area contributed by atoms with Gasteiger partial charge in [0.25, 0.3) is 11.8 Å². The number of aromatic hydroxyl groups is 3. The Balaban J connectivity index is 0.663. The first-order valence-corrected chi connectivity index (χ1v) is 24.6. The molecular formula is C52H56N14O9. The van der Waals surface area contributed by atoms with E-state index >= 15 is 0 Å². The number of guanidine groups is 1. The Labute approximate surface area is 431 Å². The fourth-order valence-corrected chi connectivity index (χ4v) is 9.47. The summed E-state index contributed by atoms with van der Waals surface area (Å²) in [5.74, 6) is 1.74. The summed E-state index contributed by atoms with van der Waals surface area (Å²) >= 11 is 0. The van der Waals surface area contributed by atoms with Gasteiger partial charge in [-0.25, -0.2) is 24.3 Å². The molecule has 10 rings (SSSR count). The molecule has 0 spiro atoms. The highest BCUT2D eigenvalue weighted by Gasteiger charge is 2.34. The van der Waals surface area contributed by atoms with Crippen molar-refractivity contribution < 1.29 is 43.9 Å². The number of methoxy groups -OCH3 is 1. The fourth-order valence-electron chi connectivity index (χ4n) is 9.47. The van der Waals surface area contributed by atoms with E-state index in [1.165, 1.54) is 23.0 Å². The van der Waals surface area contributed by atoms with Crippen LogP contribution in [0.3, 0.4) is 0 Å². The molecule has 6 heterocycles. The van der Waals surface area contributed by atoms with Crippen LogP contribution in [0.5, 0.6) is 34.8 Å². The summed E-state index contributed by atoms with van der Waals surface area (Å²) in [6.07, 6.45) is 3.02. The number of amidine groups is 1. The zero-order valence-electron chi connectivity index (χ0n) is 41.6. The van der Waals surface area contributed by atoms with Gasteiger partial charge in [0.1, 0.15) is 28.8 Å². The fraction of sp³-hybridized carbons (Fsp3) is 0.327. The largest absolute Gasteiger partial charge is 0.508 e. The first-order chi connectivity index (χ1) is 36.3. The topological polar surface area (TPSA) is 275 Å². The van der Waals surface area contributed by atoms with E-state index in [1.807, 2.05) is 43.0 Å². The number of hydrogen-bond acceptors (Lipinski definition) is 19. The average molecular weight is 1020 g/mol. The van der Waals surface area contributed by atoms with Crippen LogP contribution in [0.1, 0.15) is 58.0 Å². The zero-order valence-corrected chi connectivity index (χ0v) is 41.6. The number of nitrogen functional groups attached to an aromatic ring is 1. The van der Waals surface area contributed by atoms with Gasteiger partial charge in [-0.15, -0.1) is 5.10 Å². The maximum atomic E-state index is 13.6. The van der Waals surface area contributed by atoms with E-state index < -0.39 is 18.0 Å². The van der Waals surface area contributed by atoms with Gasteiger partial charge in [0, 0.05) is 101 Å². The molecule has 2 saturated heterocycles. The van der Waals surface area contributed by atoms with Crippen LogP contribution in [0.25, 0.3) is 17.1 Å². The van der Waals surface area contributed by atoms with Gasteiger partial charge in [0.2, 0.25) is 11.9 Å². The minimum Gasteiger partial charge on any atom is -0.508 e. The molecule has 4 aliphatic heterocycles. The number of nitrogens with zero attached hydrogens (tertiary/aromatic N) is 12. The van der Waals surface area contributed by atoms with Crippen molar-refractivity contribution >= 4 is 47.0 Å². The van der Waals surface area contributed by atoms with Gasteiger partial charge in [-0.3, -0.25) is 29.7 Å². The van der Waals surface area contributed by atoms with E-state index in [9.17, 15) is 29.7 Å². The Morgan fingerprint density at radius 1 is 0.773 bits per heavy atom. The number of phenolic OH excluding ortho intramolecular Hbond substituents is 2. The Morgan fingerprint density at radius 3 is 2.19 bits per heavy atom. The van der Waals surface area contributed by atoms with Crippen molar-refractivity contribution in [3.05, 3.63) is 107 Å². The quantitative estimate of drug-likeness (QED) is 0.0989. The molecule has 0 saturated carbocycles. The van der Waals surface area contributed by atoms with Gasteiger partial charge in [-0.1, -0.05) is 18.9 Å². The maximum absolute atomic E-state index is 13.6. The number of carbonyl (C=O) groups is 3. The van der Waals surface area contributed by atoms with Crippen molar-refractivity contribution in [3.63, 3.8) is 0 Å². The Hall–Kier alpha value is -8.99. The molecule has 0 atom stereocenters. The third-order valence-electron chi connectivity index (χ3n) is 13.5. The summed E-state index contributed by atoms with van der Waals surface area (Å²) in [6.45, 7) is 10.7. The predicted octanol–water partition coefficient (Wildman–Crippen LogP) is 4.60. The molecule has 2 aromatic heterocycles. The third-order valence-corrected chi connectivity index (χ3v) is 13.5. The molecule has 6 aromatic rings. The molecule has 75 heavy (non-hydrogen) atoms. The number of nitrogens with two attached hydrogens (primary N) is 1. The summed E-state index contributed by atoms with van der Waals surface area (Å²) < 4.78 is 19.2. The second-order valence-electron chi connectivity index (χ2n) is 18.5.